The highest BCUT2D eigenvalue weighted by Gasteiger charge is 2.23. The molecule has 1 amide bonds. The third-order valence-electron chi connectivity index (χ3n) is 5.81. The zero-order chi connectivity index (χ0) is 23.4. The minimum absolute atomic E-state index is 0.123. The van der Waals surface area contributed by atoms with Crippen LogP contribution in [0.25, 0.3) is 10.2 Å². The Morgan fingerprint density at radius 3 is 2.52 bits per heavy atom. The first-order valence-corrected chi connectivity index (χ1v) is 12.0. The number of methoxy groups -OCH3 is 1. The molecule has 1 saturated heterocycles. The molecule has 3 aromatic rings. The Morgan fingerprint density at radius 2 is 1.82 bits per heavy atom. The van der Waals surface area contributed by atoms with Crippen LogP contribution in [0.3, 0.4) is 0 Å². The number of anilines is 1. The number of aromatic nitrogens is 1. The van der Waals surface area contributed by atoms with Gasteiger partial charge in [0, 0.05) is 31.7 Å². The molecule has 174 valence electrons. The van der Waals surface area contributed by atoms with Crippen LogP contribution in [0.4, 0.5) is 5.13 Å². The molecule has 1 fully saturated rings. The van der Waals surface area contributed by atoms with Gasteiger partial charge in [0.15, 0.2) is 5.13 Å². The number of amides is 1. The number of morpholine rings is 1. The first-order chi connectivity index (χ1) is 16.0. The summed E-state index contributed by atoms with van der Waals surface area (Å²) in [6.45, 7) is 8.93. The zero-order valence-corrected chi connectivity index (χ0v) is 20.1. The first kappa shape index (κ1) is 23.4. The number of carbonyl (C=O) groups excluding carboxylic acids is 2. The van der Waals surface area contributed by atoms with Crippen molar-refractivity contribution in [1.29, 1.82) is 0 Å². The van der Waals surface area contributed by atoms with E-state index in [4.69, 9.17) is 14.5 Å². The predicted octanol–water partition coefficient (Wildman–Crippen LogP) is 4.07. The van der Waals surface area contributed by atoms with E-state index in [1.54, 1.807) is 40.5 Å². The van der Waals surface area contributed by atoms with Crippen molar-refractivity contribution in [2.75, 3.05) is 51.4 Å². The number of nitrogens with zero attached hydrogens (tertiary/aromatic N) is 3. The third-order valence-corrected chi connectivity index (χ3v) is 6.83. The second-order valence-corrected chi connectivity index (χ2v) is 9.27. The van der Waals surface area contributed by atoms with Crippen molar-refractivity contribution in [3.05, 3.63) is 58.7 Å². The molecule has 0 atom stereocenters. The van der Waals surface area contributed by atoms with Crippen molar-refractivity contribution in [3.63, 3.8) is 0 Å². The maximum Gasteiger partial charge on any atom is 0.337 e. The minimum Gasteiger partial charge on any atom is -0.465 e. The van der Waals surface area contributed by atoms with Gasteiger partial charge < -0.3 is 9.47 Å². The summed E-state index contributed by atoms with van der Waals surface area (Å²) < 4.78 is 11.3. The molecule has 4 rings (SSSR count). The second kappa shape index (κ2) is 10.4. The molecule has 0 N–H and O–H groups in total. The fraction of sp³-hybridized carbons (Fsp3) is 0.400. The summed E-state index contributed by atoms with van der Waals surface area (Å²) in [6.07, 6.45) is 0.833. The molecule has 0 unspecified atom stereocenters. The zero-order valence-electron chi connectivity index (χ0n) is 19.3. The van der Waals surface area contributed by atoms with Gasteiger partial charge in [-0.05, 0) is 61.7 Å². The van der Waals surface area contributed by atoms with E-state index in [0.29, 0.717) is 22.8 Å². The molecule has 0 aliphatic carbocycles. The monoisotopic (exact) mass is 467 g/mol. The van der Waals surface area contributed by atoms with E-state index in [0.717, 1.165) is 55.0 Å². The fourth-order valence-electron chi connectivity index (χ4n) is 4.06. The Kier molecular flexibility index (Phi) is 7.37. The largest absolute Gasteiger partial charge is 0.465 e. The van der Waals surface area contributed by atoms with Crippen LogP contribution in [-0.4, -0.2) is 68.3 Å². The topological polar surface area (TPSA) is 72.0 Å². The van der Waals surface area contributed by atoms with E-state index >= 15 is 0 Å². The van der Waals surface area contributed by atoms with Crippen LogP contribution in [0.15, 0.2) is 36.4 Å². The van der Waals surface area contributed by atoms with Gasteiger partial charge in [0.2, 0.25) is 0 Å². The van der Waals surface area contributed by atoms with Crippen LogP contribution in [0, 0.1) is 13.8 Å². The van der Waals surface area contributed by atoms with Crippen LogP contribution in [0.1, 0.15) is 38.3 Å². The van der Waals surface area contributed by atoms with Gasteiger partial charge in [0.1, 0.15) is 0 Å². The van der Waals surface area contributed by atoms with Crippen molar-refractivity contribution in [2.45, 2.75) is 20.3 Å². The Labute approximate surface area is 197 Å². The number of aryl methyl sites for hydroxylation is 2. The number of esters is 1. The Morgan fingerprint density at radius 1 is 1.12 bits per heavy atom. The van der Waals surface area contributed by atoms with Gasteiger partial charge in [-0.3, -0.25) is 14.6 Å². The van der Waals surface area contributed by atoms with Gasteiger partial charge in [-0.25, -0.2) is 9.78 Å². The second-order valence-electron chi connectivity index (χ2n) is 8.26. The van der Waals surface area contributed by atoms with Crippen molar-refractivity contribution >= 4 is 38.6 Å². The Bertz CT molecular complexity index is 1140. The molecule has 2 heterocycles. The van der Waals surface area contributed by atoms with Crippen molar-refractivity contribution in [2.24, 2.45) is 0 Å². The van der Waals surface area contributed by atoms with Gasteiger partial charge in [0.05, 0.1) is 36.1 Å². The molecular formula is C25H29N3O4S. The quantitative estimate of drug-likeness (QED) is 0.488. The van der Waals surface area contributed by atoms with Gasteiger partial charge in [-0.2, -0.15) is 0 Å². The lowest BCUT2D eigenvalue weighted by molar-refractivity contribution is 0.0376. The van der Waals surface area contributed by atoms with E-state index in [1.807, 2.05) is 0 Å². The molecule has 0 saturated carbocycles. The van der Waals surface area contributed by atoms with Gasteiger partial charge >= 0.3 is 5.97 Å². The normalized spacial score (nSPS) is 14.4. The van der Waals surface area contributed by atoms with E-state index in [9.17, 15) is 9.59 Å². The molecule has 0 spiro atoms. The molecule has 2 aromatic carbocycles. The summed E-state index contributed by atoms with van der Waals surface area (Å²) in [5.41, 5.74) is 4.15. The number of thiazole rings is 1. The van der Waals surface area contributed by atoms with E-state index < -0.39 is 5.97 Å². The van der Waals surface area contributed by atoms with Gasteiger partial charge in [0.25, 0.3) is 5.91 Å². The van der Waals surface area contributed by atoms with E-state index in [2.05, 4.69) is 30.9 Å². The summed E-state index contributed by atoms with van der Waals surface area (Å²) >= 11 is 1.54. The summed E-state index contributed by atoms with van der Waals surface area (Å²) in [5.74, 6) is -0.546. The van der Waals surface area contributed by atoms with Gasteiger partial charge in [-0.1, -0.05) is 17.4 Å². The lowest BCUT2D eigenvalue weighted by atomic mass is 10.1. The molecule has 1 aliphatic rings. The molecule has 0 radical (unpaired) electrons. The summed E-state index contributed by atoms with van der Waals surface area (Å²) in [4.78, 5) is 34.3. The SMILES string of the molecule is COC(=O)c1ccc(C(=O)N(CCCN2CCOCC2)c2nc3c(C)cc(C)cc3s2)cc1. The summed E-state index contributed by atoms with van der Waals surface area (Å²) in [5, 5.41) is 0.697. The number of carbonyl (C=O) groups is 2. The standard InChI is InChI=1S/C25H29N3O4S/c1-17-15-18(2)22-21(16-17)33-25(26-22)28(10-4-9-27-11-13-32-14-12-27)23(29)19-5-7-20(8-6-19)24(30)31-3/h5-8,15-16H,4,9-14H2,1-3H3. The smallest absolute Gasteiger partial charge is 0.337 e. The lowest BCUT2D eigenvalue weighted by Gasteiger charge is -2.27. The molecule has 8 heteroatoms. The number of fused-ring (bicyclic) bond motifs is 1. The lowest BCUT2D eigenvalue weighted by Crippen LogP contribution is -2.39. The van der Waals surface area contributed by atoms with Crippen LogP contribution >= 0.6 is 11.3 Å². The molecule has 0 bridgehead atoms. The van der Waals surface area contributed by atoms with E-state index in [1.165, 1.54) is 12.7 Å². The molecule has 33 heavy (non-hydrogen) atoms. The molecule has 7 nitrogen and oxygen atoms in total. The maximum absolute atomic E-state index is 13.5. The van der Waals surface area contributed by atoms with Crippen molar-refractivity contribution < 1.29 is 19.1 Å². The Balaban J connectivity index is 1.59. The highest BCUT2D eigenvalue weighted by molar-refractivity contribution is 7.22. The van der Waals surface area contributed by atoms with E-state index in [-0.39, 0.29) is 5.91 Å². The highest BCUT2D eigenvalue weighted by Crippen LogP contribution is 2.32. The number of rotatable bonds is 7. The average Bonchev–Trinajstić information content (AvgIpc) is 3.25. The van der Waals surface area contributed by atoms with Crippen LogP contribution in [0.2, 0.25) is 0 Å². The van der Waals surface area contributed by atoms with Gasteiger partial charge in [-0.15, -0.1) is 0 Å². The summed E-state index contributed by atoms with van der Waals surface area (Å²) in [6, 6.07) is 10.8. The molecule has 1 aromatic heterocycles. The van der Waals surface area contributed by atoms with Crippen LogP contribution < -0.4 is 4.90 Å². The number of hydrogen-bond acceptors (Lipinski definition) is 7. The predicted molar refractivity (Wildman–Crippen MR) is 130 cm³/mol. The van der Waals surface area contributed by atoms with Crippen LogP contribution in [0.5, 0.6) is 0 Å². The average molecular weight is 468 g/mol. The first-order valence-electron chi connectivity index (χ1n) is 11.1. The maximum atomic E-state index is 13.5. The number of ether oxygens (including phenoxy) is 2. The number of hydrogen-bond donors (Lipinski definition) is 0. The van der Waals surface area contributed by atoms with Crippen molar-refractivity contribution in [3.8, 4) is 0 Å². The molecular weight excluding hydrogens is 438 g/mol. The molecule has 1 aliphatic heterocycles. The van der Waals surface area contributed by atoms with Crippen molar-refractivity contribution in [1.82, 2.24) is 9.88 Å². The minimum atomic E-state index is -0.423. The fourth-order valence-corrected chi connectivity index (χ4v) is 5.22. The third kappa shape index (κ3) is 5.40. The highest BCUT2D eigenvalue weighted by atomic mass is 32.1. The Hall–Kier alpha value is -2.81. The number of benzene rings is 2. The van der Waals surface area contributed by atoms with Crippen LogP contribution in [-0.2, 0) is 9.47 Å². The summed E-state index contributed by atoms with van der Waals surface area (Å²) in [7, 11) is 1.34.